The number of aliphatic hydroxyl groups is 1. The molecule has 1 rings (SSSR count). The Kier molecular flexibility index (Phi) is 13.3. The van der Waals surface area contributed by atoms with E-state index in [1.54, 1.807) is 25.3 Å². The molecule has 0 aliphatic heterocycles. The average molecular weight is 491 g/mol. The molecule has 3 atom stereocenters. The maximum atomic E-state index is 12.9. The maximum absolute atomic E-state index is 12.9. The normalized spacial score (nSPS) is 14.0. The number of carbonyl (C=O) groups excluding carboxylic acids is 2. The van der Waals surface area contributed by atoms with Crippen LogP contribution in [0.2, 0.25) is 0 Å². The van der Waals surface area contributed by atoms with Crippen LogP contribution in [0.5, 0.6) is 5.75 Å². The Morgan fingerprint density at radius 1 is 1.14 bits per heavy atom. The molecular weight excluding hydrogens is 448 g/mol. The number of benzene rings is 1. The molecule has 35 heavy (non-hydrogen) atoms. The smallest absolute Gasteiger partial charge is 0.255 e. The summed E-state index contributed by atoms with van der Waals surface area (Å²) < 4.78 is 10.8. The first kappa shape index (κ1) is 30.4. The standard InChI is InChI=1S/C26H42N4O5/c1-18(2)19(14-21(28)22(31)16-30-25(33)26(3,4)17-27)15-29-24(32)20-10-6-7-11-23(20)35-13-9-8-12-34-5/h6-7,10-11,18-19,21-22,31H,8-9,12-16,28H2,1-5H3,(H,29,32)(H,30,33). The highest BCUT2D eigenvalue weighted by molar-refractivity contribution is 5.96. The average Bonchev–Trinajstić information content (AvgIpc) is 2.84. The lowest BCUT2D eigenvalue weighted by Gasteiger charge is -2.28. The zero-order valence-corrected chi connectivity index (χ0v) is 21.7. The molecule has 0 bridgehead atoms. The van der Waals surface area contributed by atoms with Crippen molar-refractivity contribution in [3.63, 3.8) is 0 Å². The molecule has 0 aliphatic rings. The fourth-order valence-corrected chi connectivity index (χ4v) is 3.35. The number of nitrogens with two attached hydrogens (primary N) is 1. The lowest BCUT2D eigenvalue weighted by Crippen LogP contribution is -2.47. The summed E-state index contributed by atoms with van der Waals surface area (Å²) in [5.41, 5.74) is 5.49. The van der Waals surface area contributed by atoms with Gasteiger partial charge in [-0.1, -0.05) is 26.0 Å². The van der Waals surface area contributed by atoms with Crippen molar-refractivity contribution in [3.05, 3.63) is 29.8 Å². The molecule has 1 aromatic carbocycles. The van der Waals surface area contributed by atoms with Gasteiger partial charge >= 0.3 is 0 Å². The van der Waals surface area contributed by atoms with E-state index in [-0.39, 0.29) is 24.3 Å². The van der Waals surface area contributed by atoms with Crippen LogP contribution in [-0.2, 0) is 9.53 Å². The Morgan fingerprint density at radius 2 is 1.80 bits per heavy atom. The van der Waals surface area contributed by atoms with E-state index in [2.05, 4.69) is 10.6 Å². The molecule has 0 aromatic heterocycles. The van der Waals surface area contributed by atoms with Crippen molar-refractivity contribution in [1.82, 2.24) is 10.6 Å². The molecule has 5 N–H and O–H groups in total. The monoisotopic (exact) mass is 490 g/mol. The van der Waals surface area contributed by atoms with Gasteiger partial charge in [0.25, 0.3) is 5.91 Å². The molecule has 0 saturated carbocycles. The highest BCUT2D eigenvalue weighted by Gasteiger charge is 2.29. The van der Waals surface area contributed by atoms with Gasteiger partial charge in [0.15, 0.2) is 0 Å². The number of nitrogens with zero attached hydrogens (tertiary/aromatic N) is 1. The molecule has 0 spiro atoms. The Bertz CT molecular complexity index is 837. The summed E-state index contributed by atoms with van der Waals surface area (Å²) in [6.07, 6.45) is 1.19. The molecule has 1 aromatic rings. The summed E-state index contributed by atoms with van der Waals surface area (Å²) in [5, 5.41) is 25.0. The number of nitrogens with one attached hydrogen (secondary N) is 2. The van der Waals surface area contributed by atoms with Crippen molar-refractivity contribution in [1.29, 1.82) is 5.26 Å². The van der Waals surface area contributed by atoms with Gasteiger partial charge in [-0.25, -0.2) is 0 Å². The van der Waals surface area contributed by atoms with E-state index in [4.69, 9.17) is 20.5 Å². The first-order valence-corrected chi connectivity index (χ1v) is 12.2. The number of nitriles is 1. The molecule has 2 amide bonds. The number of methoxy groups -OCH3 is 1. The van der Waals surface area contributed by atoms with Crippen molar-refractivity contribution < 1.29 is 24.2 Å². The lowest BCUT2D eigenvalue weighted by atomic mass is 9.87. The highest BCUT2D eigenvalue weighted by Crippen LogP contribution is 2.21. The number of amides is 2. The van der Waals surface area contributed by atoms with Crippen molar-refractivity contribution in [2.45, 2.75) is 59.1 Å². The predicted molar refractivity (Wildman–Crippen MR) is 135 cm³/mol. The molecule has 9 nitrogen and oxygen atoms in total. The fraction of sp³-hybridized carbons (Fsp3) is 0.654. The molecule has 0 heterocycles. The summed E-state index contributed by atoms with van der Waals surface area (Å²) in [6, 6.07) is 8.45. The van der Waals surface area contributed by atoms with Gasteiger partial charge in [0.2, 0.25) is 5.91 Å². The van der Waals surface area contributed by atoms with Crippen molar-refractivity contribution >= 4 is 11.8 Å². The Balaban J connectivity index is 2.64. The molecule has 9 heteroatoms. The zero-order chi connectivity index (χ0) is 26.4. The predicted octanol–water partition coefficient (Wildman–Crippen LogP) is 2.24. The van der Waals surface area contributed by atoms with Gasteiger partial charge < -0.3 is 30.9 Å². The van der Waals surface area contributed by atoms with Crippen molar-refractivity contribution in [2.24, 2.45) is 23.0 Å². The third-order valence-corrected chi connectivity index (χ3v) is 5.99. The van der Waals surface area contributed by atoms with E-state index >= 15 is 0 Å². The minimum absolute atomic E-state index is 0.0111. The van der Waals surface area contributed by atoms with Gasteiger partial charge in [-0.15, -0.1) is 0 Å². The van der Waals surface area contributed by atoms with Gasteiger partial charge in [-0.3, -0.25) is 9.59 Å². The second-order valence-corrected chi connectivity index (χ2v) is 9.67. The van der Waals surface area contributed by atoms with E-state index in [9.17, 15) is 14.7 Å². The van der Waals surface area contributed by atoms with Gasteiger partial charge in [0, 0.05) is 32.8 Å². The van der Waals surface area contributed by atoms with Crippen molar-refractivity contribution in [2.75, 3.05) is 33.4 Å². The summed E-state index contributed by atoms with van der Waals surface area (Å²) in [4.78, 5) is 24.9. The van der Waals surface area contributed by atoms with Crippen LogP contribution in [0.1, 0.15) is 57.3 Å². The number of rotatable bonds is 16. The van der Waals surface area contributed by atoms with Gasteiger partial charge in [0.05, 0.1) is 24.3 Å². The van der Waals surface area contributed by atoms with Crippen LogP contribution in [0.25, 0.3) is 0 Å². The van der Waals surface area contributed by atoms with E-state index in [0.29, 0.717) is 37.5 Å². The minimum Gasteiger partial charge on any atom is -0.493 e. The van der Waals surface area contributed by atoms with Crippen LogP contribution >= 0.6 is 0 Å². The van der Waals surface area contributed by atoms with Gasteiger partial charge in [0.1, 0.15) is 11.2 Å². The second-order valence-electron chi connectivity index (χ2n) is 9.67. The van der Waals surface area contributed by atoms with Crippen LogP contribution in [-0.4, -0.2) is 62.5 Å². The number of para-hydroxylation sites is 1. The third kappa shape index (κ3) is 10.6. The first-order chi connectivity index (χ1) is 16.5. The lowest BCUT2D eigenvalue weighted by molar-refractivity contribution is -0.127. The highest BCUT2D eigenvalue weighted by atomic mass is 16.5. The Labute approximate surface area is 209 Å². The number of hydrogen-bond donors (Lipinski definition) is 4. The maximum Gasteiger partial charge on any atom is 0.255 e. The minimum atomic E-state index is -1.18. The number of unbranched alkanes of at least 4 members (excludes halogenated alkanes) is 1. The summed E-state index contributed by atoms with van der Waals surface area (Å²) in [7, 11) is 1.66. The van der Waals surface area contributed by atoms with Crippen LogP contribution < -0.4 is 21.1 Å². The van der Waals surface area contributed by atoms with Gasteiger partial charge in [-0.2, -0.15) is 5.26 Å². The Morgan fingerprint density at radius 3 is 2.43 bits per heavy atom. The summed E-state index contributed by atoms with van der Waals surface area (Å²) in [5.74, 6) is 0.0540. The molecular formula is C26H42N4O5. The van der Waals surface area contributed by atoms with E-state index in [0.717, 1.165) is 12.8 Å². The van der Waals surface area contributed by atoms with E-state index in [1.165, 1.54) is 13.8 Å². The molecule has 0 saturated heterocycles. The fourth-order valence-electron chi connectivity index (χ4n) is 3.35. The quantitative estimate of drug-likeness (QED) is 0.260. The summed E-state index contributed by atoms with van der Waals surface area (Å²) >= 11 is 0. The first-order valence-electron chi connectivity index (χ1n) is 12.2. The number of ether oxygens (including phenoxy) is 2. The number of carbonyl (C=O) groups is 2. The topological polar surface area (TPSA) is 147 Å². The molecule has 196 valence electrons. The van der Waals surface area contributed by atoms with E-state index < -0.39 is 23.5 Å². The van der Waals surface area contributed by atoms with E-state index in [1.807, 2.05) is 26.0 Å². The van der Waals surface area contributed by atoms with Crippen molar-refractivity contribution in [3.8, 4) is 11.8 Å². The van der Waals surface area contributed by atoms with Crippen LogP contribution in [0, 0.1) is 28.6 Å². The zero-order valence-electron chi connectivity index (χ0n) is 21.7. The Hall–Kier alpha value is -2.67. The number of hydrogen-bond acceptors (Lipinski definition) is 7. The second kappa shape index (κ2) is 15.4. The third-order valence-electron chi connectivity index (χ3n) is 5.99. The SMILES string of the molecule is COCCCCOc1ccccc1C(=O)NCC(CC(N)C(O)CNC(=O)C(C)(C)C#N)C(C)C. The number of aliphatic hydroxyl groups excluding tert-OH is 1. The molecule has 0 aliphatic carbocycles. The van der Waals surface area contributed by atoms with Crippen LogP contribution in [0.4, 0.5) is 0 Å². The molecule has 3 unspecified atom stereocenters. The molecule has 0 fully saturated rings. The van der Waals surface area contributed by atoms with Crippen LogP contribution in [0.15, 0.2) is 24.3 Å². The van der Waals surface area contributed by atoms with Crippen LogP contribution in [0.3, 0.4) is 0 Å². The largest absolute Gasteiger partial charge is 0.493 e. The molecule has 0 radical (unpaired) electrons. The van der Waals surface area contributed by atoms with Gasteiger partial charge in [-0.05, 0) is 57.1 Å². The summed E-state index contributed by atoms with van der Waals surface area (Å²) in [6.45, 7) is 8.59.